The summed E-state index contributed by atoms with van der Waals surface area (Å²) in [5.74, 6) is 1.52. The molecule has 0 radical (unpaired) electrons. The summed E-state index contributed by atoms with van der Waals surface area (Å²) in [5, 5.41) is 3.31. The summed E-state index contributed by atoms with van der Waals surface area (Å²) < 4.78 is 0. The van der Waals surface area contributed by atoms with Crippen molar-refractivity contribution in [3.05, 3.63) is 0 Å². The Morgan fingerprint density at radius 1 is 1.33 bits per heavy atom. The highest BCUT2D eigenvalue weighted by Crippen LogP contribution is 2.06. The number of nitrogens with zero attached hydrogens (tertiary/aromatic N) is 1. The number of thioether (sulfide) groups is 1. The molecule has 4 heteroatoms. The van der Waals surface area contributed by atoms with Gasteiger partial charge in [0.05, 0.1) is 0 Å². The van der Waals surface area contributed by atoms with Gasteiger partial charge in [-0.15, -0.1) is 0 Å². The first-order chi connectivity index (χ1) is 7.34. The first-order valence-corrected chi connectivity index (χ1v) is 7.21. The monoisotopic (exact) mass is 230 g/mol. The normalized spacial score (nSPS) is 17.5. The zero-order valence-corrected chi connectivity index (χ0v) is 10.4. The quantitative estimate of drug-likeness (QED) is 0.724. The maximum atomic E-state index is 11.8. The van der Waals surface area contributed by atoms with Crippen molar-refractivity contribution in [1.82, 2.24) is 10.2 Å². The number of nitrogens with one attached hydrogen (secondary N) is 1. The first kappa shape index (κ1) is 12.8. The summed E-state index contributed by atoms with van der Waals surface area (Å²) in [6.45, 7) is 3.84. The van der Waals surface area contributed by atoms with E-state index < -0.39 is 0 Å². The molecule has 88 valence electrons. The number of amides is 1. The van der Waals surface area contributed by atoms with Crippen LogP contribution in [0.1, 0.15) is 25.7 Å². The molecule has 1 N–H and O–H groups in total. The Morgan fingerprint density at radius 3 is 3.00 bits per heavy atom. The van der Waals surface area contributed by atoms with E-state index in [9.17, 15) is 4.79 Å². The third-order valence-corrected chi connectivity index (χ3v) is 3.38. The molecule has 0 aromatic heterocycles. The topological polar surface area (TPSA) is 32.3 Å². The third kappa shape index (κ3) is 5.42. The van der Waals surface area contributed by atoms with Gasteiger partial charge in [0.15, 0.2) is 0 Å². The van der Waals surface area contributed by atoms with Crippen LogP contribution in [0.3, 0.4) is 0 Å². The summed E-state index contributed by atoms with van der Waals surface area (Å²) in [4.78, 5) is 13.8. The van der Waals surface area contributed by atoms with Gasteiger partial charge in [-0.1, -0.05) is 0 Å². The van der Waals surface area contributed by atoms with Crippen molar-refractivity contribution in [2.75, 3.05) is 38.2 Å². The molecule has 0 unspecified atom stereocenters. The summed E-state index contributed by atoms with van der Waals surface area (Å²) in [5.41, 5.74) is 0. The van der Waals surface area contributed by atoms with E-state index in [2.05, 4.69) is 11.6 Å². The van der Waals surface area contributed by atoms with Crippen molar-refractivity contribution in [2.45, 2.75) is 25.7 Å². The largest absolute Gasteiger partial charge is 0.341 e. The van der Waals surface area contributed by atoms with Gasteiger partial charge in [-0.2, -0.15) is 11.8 Å². The van der Waals surface area contributed by atoms with E-state index in [0.29, 0.717) is 5.91 Å². The number of hydrogen-bond acceptors (Lipinski definition) is 3. The zero-order chi connectivity index (χ0) is 10.9. The molecule has 1 heterocycles. The third-order valence-electron chi connectivity index (χ3n) is 2.68. The lowest BCUT2D eigenvalue weighted by Gasteiger charge is -2.19. The van der Waals surface area contributed by atoms with E-state index in [0.717, 1.165) is 45.4 Å². The van der Waals surface area contributed by atoms with Gasteiger partial charge < -0.3 is 10.2 Å². The van der Waals surface area contributed by atoms with E-state index in [1.165, 1.54) is 12.2 Å². The summed E-state index contributed by atoms with van der Waals surface area (Å²) in [6.07, 6.45) is 6.15. The fourth-order valence-electron chi connectivity index (χ4n) is 1.78. The fourth-order valence-corrected chi connectivity index (χ4v) is 2.27. The van der Waals surface area contributed by atoms with Crippen LogP contribution >= 0.6 is 11.8 Å². The molecule has 0 aromatic carbocycles. The molecule has 1 aliphatic heterocycles. The van der Waals surface area contributed by atoms with Crippen molar-refractivity contribution in [1.29, 1.82) is 0 Å². The second-order valence-corrected chi connectivity index (χ2v) is 4.92. The smallest absolute Gasteiger partial charge is 0.222 e. The molecule has 1 aliphatic rings. The van der Waals surface area contributed by atoms with Crippen LogP contribution in [-0.4, -0.2) is 49.0 Å². The van der Waals surface area contributed by atoms with Gasteiger partial charge in [0.1, 0.15) is 0 Å². The van der Waals surface area contributed by atoms with Crippen LogP contribution in [0.2, 0.25) is 0 Å². The minimum Gasteiger partial charge on any atom is -0.341 e. The van der Waals surface area contributed by atoms with E-state index in [4.69, 9.17) is 0 Å². The number of carbonyl (C=O) groups is 1. The lowest BCUT2D eigenvalue weighted by atomic mass is 10.2. The van der Waals surface area contributed by atoms with Gasteiger partial charge in [-0.05, 0) is 37.8 Å². The van der Waals surface area contributed by atoms with Gasteiger partial charge in [-0.3, -0.25) is 4.79 Å². The van der Waals surface area contributed by atoms with Crippen LogP contribution in [-0.2, 0) is 4.79 Å². The predicted molar refractivity (Wildman–Crippen MR) is 66.3 cm³/mol. The lowest BCUT2D eigenvalue weighted by Crippen LogP contribution is -2.33. The molecule has 1 amide bonds. The molecule has 1 fully saturated rings. The minimum absolute atomic E-state index is 0.347. The van der Waals surface area contributed by atoms with Crippen molar-refractivity contribution < 1.29 is 4.79 Å². The average molecular weight is 230 g/mol. The van der Waals surface area contributed by atoms with Gasteiger partial charge >= 0.3 is 0 Å². The Bertz CT molecular complexity index is 179. The standard InChI is InChI=1S/C11H22N2OS/c1-15-10-3-2-5-11(14)13-8-4-6-12-7-9-13/h12H,2-10H2,1H3. The van der Waals surface area contributed by atoms with Crippen LogP contribution in [0.25, 0.3) is 0 Å². The molecule has 3 nitrogen and oxygen atoms in total. The van der Waals surface area contributed by atoms with E-state index in [1.54, 1.807) is 0 Å². The van der Waals surface area contributed by atoms with Crippen molar-refractivity contribution >= 4 is 17.7 Å². The van der Waals surface area contributed by atoms with E-state index in [1.807, 2.05) is 16.7 Å². The predicted octanol–water partition coefficient (Wildman–Crippen LogP) is 1.34. The molecular formula is C11H22N2OS. The van der Waals surface area contributed by atoms with Crippen LogP contribution in [0.5, 0.6) is 0 Å². The average Bonchev–Trinajstić information content (AvgIpc) is 2.52. The maximum Gasteiger partial charge on any atom is 0.222 e. The van der Waals surface area contributed by atoms with Gasteiger partial charge in [0.25, 0.3) is 0 Å². The van der Waals surface area contributed by atoms with Gasteiger partial charge in [-0.25, -0.2) is 0 Å². The van der Waals surface area contributed by atoms with Gasteiger partial charge in [0.2, 0.25) is 5.91 Å². The summed E-state index contributed by atoms with van der Waals surface area (Å²) >= 11 is 1.86. The molecule has 0 saturated carbocycles. The highest BCUT2D eigenvalue weighted by molar-refractivity contribution is 7.98. The number of carbonyl (C=O) groups excluding carboxylic acids is 1. The van der Waals surface area contributed by atoms with Crippen LogP contribution < -0.4 is 5.32 Å². The molecule has 1 rings (SSSR count). The van der Waals surface area contributed by atoms with Crippen molar-refractivity contribution in [3.63, 3.8) is 0 Å². The molecule has 1 saturated heterocycles. The van der Waals surface area contributed by atoms with Crippen LogP contribution in [0.15, 0.2) is 0 Å². The van der Waals surface area contributed by atoms with E-state index >= 15 is 0 Å². The zero-order valence-electron chi connectivity index (χ0n) is 9.63. The number of rotatable bonds is 5. The Hall–Kier alpha value is -0.220. The molecule has 0 aromatic rings. The Labute approximate surface area is 97.0 Å². The molecular weight excluding hydrogens is 208 g/mol. The maximum absolute atomic E-state index is 11.8. The first-order valence-electron chi connectivity index (χ1n) is 5.82. The fraction of sp³-hybridized carbons (Fsp3) is 0.909. The highest BCUT2D eigenvalue weighted by Gasteiger charge is 2.14. The Balaban J connectivity index is 2.14. The molecule has 0 atom stereocenters. The number of hydrogen-bond donors (Lipinski definition) is 1. The highest BCUT2D eigenvalue weighted by atomic mass is 32.2. The van der Waals surface area contributed by atoms with Crippen molar-refractivity contribution in [2.24, 2.45) is 0 Å². The number of unbranched alkanes of at least 4 members (excludes halogenated alkanes) is 1. The van der Waals surface area contributed by atoms with Crippen LogP contribution in [0.4, 0.5) is 0 Å². The Kier molecular flexibility index (Phi) is 6.85. The van der Waals surface area contributed by atoms with Crippen molar-refractivity contribution in [3.8, 4) is 0 Å². The lowest BCUT2D eigenvalue weighted by molar-refractivity contribution is -0.131. The second kappa shape index (κ2) is 7.99. The minimum atomic E-state index is 0.347. The SMILES string of the molecule is CSCCCCC(=O)N1CCCNCC1. The molecule has 0 aliphatic carbocycles. The molecule has 0 spiro atoms. The summed E-state index contributed by atoms with van der Waals surface area (Å²) in [6, 6.07) is 0. The second-order valence-electron chi connectivity index (χ2n) is 3.93. The van der Waals surface area contributed by atoms with E-state index in [-0.39, 0.29) is 0 Å². The van der Waals surface area contributed by atoms with Gasteiger partial charge in [0, 0.05) is 26.1 Å². The van der Waals surface area contributed by atoms with Crippen LogP contribution in [0, 0.1) is 0 Å². The summed E-state index contributed by atoms with van der Waals surface area (Å²) in [7, 11) is 0. The molecule has 0 bridgehead atoms. The molecule has 15 heavy (non-hydrogen) atoms. The Morgan fingerprint density at radius 2 is 2.20 bits per heavy atom.